The first-order valence-electron chi connectivity index (χ1n) is 8.61. The molecule has 10 heteroatoms. The Labute approximate surface area is 174 Å². The maximum Gasteiger partial charge on any atom is 0.263 e. The molecule has 0 aliphatic heterocycles. The van der Waals surface area contributed by atoms with E-state index >= 15 is 0 Å². The van der Waals surface area contributed by atoms with Gasteiger partial charge in [0.25, 0.3) is 15.6 Å². The van der Waals surface area contributed by atoms with Crippen LogP contribution in [0.1, 0.15) is 12.8 Å². The maximum atomic E-state index is 12.7. The second kappa shape index (κ2) is 7.53. The lowest BCUT2D eigenvalue weighted by Gasteiger charge is -2.20. The summed E-state index contributed by atoms with van der Waals surface area (Å²) in [5, 5.41) is 4.16. The Kier molecular flexibility index (Phi) is 5.05. The Hall–Kier alpha value is -2.85. The number of nitrogens with zero attached hydrogens (tertiary/aromatic N) is 2. The third-order valence-electron chi connectivity index (χ3n) is 4.52. The van der Waals surface area contributed by atoms with Gasteiger partial charge >= 0.3 is 0 Å². The molecular weight excluding hydrogens is 462 g/mol. The molecule has 2 aromatic heterocycles. The number of fused-ring (bicyclic) bond motifs is 1. The molecule has 1 N–H and O–H groups in total. The van der Waals surface area contributed by atoms with E-state index in [1.165, 1.54) is 30.5 Å². The van der Waals surface area contributed by atoms with Crippen molar-refractivity contribution in [3.05, 3.63) is 69.3 Å². The summed E-state index contributed by atoms with van der Waals surface area (Å²) < 4.78 is 40.3. The number of sulfonamides is 1. The van der Waals surface area contributed by atoms with Crippen LogP contribution < -0.4 is 10.3 Å². The summed E-state index contributed by atoms with van der Waals surface area (Å²) in [6.07, 6.45) is 4.45. The molecule has 0 saturated carbocycles. The molecule has 4 rings (SSSR count). The molecule has 29 heavy (non-hydrogen) atoms. The molecule has 8 nitrogen and oxygen atoms in total. The number of hydrogen-bond acceptors (Lipinski definition) is 6. The van der Waals surface area contributed by atoms with Crippen LogP contribution in [0, 0.1) is 0 Å². The fraction of sp³-hybridized carbons (Fsp3) is 0.158. The fourth-order valence-electron chi connectivity index (χ4n) is 3.19. The Bertz CT molecular complexity index is 1310. The van der Waals surface area contributed by atoms with E-state index in [0.717, 1.165) is 16.6 Å². The standard InChI is InChI=1S/C19H16BrN3O5S/c1-27-17-11-13(20)3-5-16(17)23-15-6-4-14(10-12(15)2-7-19(23)24)29(25,26)22-18-8-9-28-21-18/h2,4,6-11H,3,5H2,1H3,(H,21,22). The van der Waals surface area contributed by atoms with Crippen LogP contribution in [0.25, 0.3) is 16.6 Å². The highest BCUT2D eigenvalue weighted by molar-refractivity contribution is 9.11. The van der Waals surface area contributed by atoms with Gasteiger partial charge < -0.3 is 9.26 Å². The molecule has 1 aromatic carbocycles. The third kappa shape index (κ3) is 3.73. The summed E-state index contributed by atoms with van der Waals surface area (Å²) in [5.74, 6) is 0.673. The van der Waals surface area contributed by atoms with Crippen LogP contribution in [0.3, 0.4) is 0 Å². The molecule has 0 saturated heterocycles. The van der Waals surface area contributed by atoms with E-state index in [2.05, 4.69) is 30.3 Å². The Balaban J connectivity index is 1.85. The van der Waals surface area contributed by atoms with Gasteiger partial charge in [-0.15, -0.1) is 0 Å². The largest absolute Gasteiger partial charge is 0.495 e. The number of halogens is 1. The normalized spacial score (nSPS) is 14.8. The van der Waals surface area contributed by atoms with Gasteiger partial charge in [0, 0.05) is 17.5 Å². The molecule has 150 valence electrons. The molecule has 0 amide bonds. The average Bonchev–Trinajstić information content (AvgIpc) is 3.20. The van der Waals surface area contributed by atoms with Crippen molar-refractivity contribution >= 4 is 48.4 Å². The second-order valence-corrected chi connectivity index (χ2v) is 9.03. The predicted molar refractivity (Wildman–Crippen MR) is 112 cm³/mol. The lowest BCUT2D eigenvalue weighted by Crippen LogP contribution is -2.21. The number of ether oxygens (including phenoxy) is 1. The number of pyridine rings is 1. The average molecular weight is 478 g/mol. The van der Waals surface area contributed by atoms with Gasteiger partial charge in [-0.1, -0.05) is 21.1 Å². The molecule has 2 heterocycles. The van der Waals surface area contributed by atoms with Crippen molar-refractivity contribution in [2.75, 3.05) is 11.8 Å². The highest BCUT2D eigenvalue weighted by Crippen LogP contribution is 2.32. The minimum Gasteiger partial charge on any atom is -0.495 e. The molecule has 0 spiro atoms. The summed E-state index contributed by atoms with van der Waals surface area (Å²) in [7, 11) is -2.31. The highest BCUT2D eigenvalue weighted by atomic mass is 79.9. The maximum absolute atomic E-state index is 12.7. The third-order valence-corrected chi connectivity index (χ3v) is 6.49. The lowest BCUT2D eigenvalue weighted by atomic mass is 10.1. The van der Waals surface area contributed by atoms with Gasteiger partial charge in [0.15, 0.2) is 5.82 Å². The highest BCUT2D eigenvalue weighted by Gasteiger charge is 2.20. The summed E-state index contributed by atoms with van der Waals surface area (Å²) >= 11 is 3.47. The first-order valence-corrected chi connectivity index (χ1v) is 10.9. The van der Waals surface area contributed by atoms with E-state index in [1.54, 1.807) is 23.8 Å². The number of hydrogen-bond donors (Lipinski definition) is 1. The summed E-state index contributed by atoms with van der Waals surface area (Å²) in [4.78, 5) is 12.7. The van der Waals surface area contributed by atoms with Crippen LogP contribution in [0.2, 0.25) is 0 Å². The van der Waals surface area contributed by atoms with E-state index in [9.17, 15) is 13.2 Å². The van der Waals surface area contributed by atoms with Gasteiger partial charge in [0.2, 0.25) is 0 Å². The van der Waals surface area contributed by atoms with Gasteiger partial charge in [0.05, 0.1) is 23.2 Å². The fourth-order valence-corrected chi connectivity index (χ4v) is 4.62. The number of rotatable bonds is 5. The molecule has 0 radical (unpaired) electrons. The molecular formula is C19H16BrN3O5S. The summed E-state index contributed by atoms with van der Waals surface area (Å²) in [6, 6.07) is 8.99. The van der Waals surface area contributed by atoms with Crippen molar-refractivity contribution in [1.29, 1.82) is 0 Å². The Morgan fingerprint density at radius 1 is 1.21 bits per heavy atom. The Morgan fingerprint density at radius 3 is 2.76 bits per heavy atom. The van der Waals surface area contributed by atoms with Crippen LogP contribution in [0.15, 0.2) is 73.2 Å². The minimum absolute atomic E-state index is 0.0467. The van der Waals surface area contributed by atoms with Crippen LogP contribution in [0.5, 0.6) is 0 Å². The second-order valence-electron chi connectivity index (χ2n) is 6.32. The van der Waals surface area contributed by atoms with E-state index in [-0.39, 0.29) is 16.3 Å². The van der Waals surface area contributed by atoms with Crippen molar-refractivity contribution in [2.45, 2.75) is 17.7 Å². The van der Waals surface area contributed by atoms with E-state index in [1.807, 2.05) is 6.08 Å². The lowest BCUT2D eigenvalue weighted by molar-refractivity contribution is 0.304. The number of aromatic nitrogens is 2. The van der Waals surface area contributed by atoms with Crippen molar-refractivity contribution in [3.8, 4) is 0 Å². The molecule has 1 aliphatic carbocycles. The SMILES string of the molecule is COC1=C(n2c(=O)ccc3cc(S(=O)(=O)Nc4ccon4)ccc32)CCC(Br)=C1. The van der Waals surface area contributed by atoms with Crippen LogP contribution in [-0.2, 0) is 14.8 Å². The van der Waals surface area contributed by atoms with Gasteiger partial charge in [-0.25, -0.2) is 8.42 Å². The molecule has 0 unspecified atom stereocenters. The van der Waals surface area contributed by atoms with E-state index in [0.29, 0.717) is 23.1 Å². The van der Waals surface area contributed by atoms with Crippen molar-refractivity contribution < 1.29 is 17.7 Å². The predicted octanol–water partition coefficient (Wildman–Crippen LogP) is 3.68. The first kappa shape index (κ1) is 19.5. The van der Waals surface area contributed by atoms with E-state index < -0.39 is 10.0 Å². The zero-order valence-electron chi connectivity index (χ0n) is 15.3. The van der Waals surface area contributed by atoms with Gasteiger partial charge in [0.1, 0.15) is 12.0 Å². The number of anilines is 1. The number of methoxy groups -OCH3 is 1. The molecule has 0 atom stereocenters. The first-order chi connectivity index (χ1) is 13.9. The van der Waals surface area contributed by atoms with Crippen LogP contribution in [-0.4, -0.2) is 25.3 Å². The summed E-state index contributed by atoms with van der Waals surface area (Å²) in [5.41, 5.74) is 1.10. The zero-order chi connectivity index (χ0) is 20.6. The summed E-state index contributed by atoms with van der Waals surface area (Å²) in [6.45, 7) is 0. The van der Waals surface area contributed by atoms with Crippen LogP contribution >= 0.6 is 15.9 Å². The minimum atomic E-state index is -3.86. The van der Waals surface area contributed by atoms with E-state index in [4.69, 9.17) is 4.74 Å². The molecule has 0 bridgehead atoms. The molecule has 1 aliphatic rings. The topological polar surface area (TPSA) is 103 Å². The number of benzene rings is 1. The smallest absolute Gasteiger partial charge is 0.263 e. The van der Waals surface area contributed by atoms with Crippen molar-refractivity contribution in [3.63, 3.8) is 0 Å². The Morgan fingerprint density at radius 2 is 2.03 bits per heavy atom. The quantitative estimate of drug-likeness (QED) is 0.600. The monoisotopic (exact) mass is 477 g/mol. The molecule has 0 fully saturated rings. The van der Waals surface area contributed by atoms with Crippen LogP contribution in [0.4, 0.5) is 5.82 Å². The molecule has 3 aromatic rings. The number of nitrogens with one attached hydrogen (secondary N) is 1. The van der Waals surface area contributed by atoms with Gasteiger partial charge in [-0.2, -0.15) is 0 Å². The van der Waals surface area contributed by atoms with Crippen molar-refractivity contribution in [2.24, 2.45) is 0 Å². The van der Waals surface area contributed by atoms with Crippen molar-refractivity contribution in [1.82, 2.24) is 9.72 Å². The number of allylic oxidation sites excluding steroid dienone is 3. The van der Waals surface area contributed by atoms with Gasteiger partial charge in [-0.05, 0) is 47.7 Å². The van der Waals surface area contributed by atoms with Gasteiger partial charge in [-0.3, -0.25) is 14.1 Å². The zero-order valence-corrected chi connectivity index (χ0v) is 17.7.